The maximum Gasteiger partial charge on any atom is 0.237 e. The summed E-state index contributed by atoms with van der Waals surface area (Å²) < 4.78 is 0. The van der Waals surface area contributed by atoms with Crippen LogP contribution in [-0.4, -0.2) is 23.0 Å². The van der Waals surface area contributed by atoms with Crippen LogP contribution in [0, 0.1) is 0 Å². The topological polar surface area (TPSA) is 41.1 Å². The average Bonchev–Trinajstić information content (AvgIpc) is 2.28. The first-order valence-corrected chi connectivity index (χ1v) is 6.79. The molecule has 0 spiro atoms. The Bertz CT molecular complexity index is 245. The largest absolute Gasteiger partial charge is 0.350 e. The van der Waals surface area contributed by atoms with Gasteiger partial charge >= 0.3 is 0 Å². The molecule has 0 rings (SSSR count). The van der Waals surface area contributed by atoms with Gasteiger partial charge in [-0.2, -0.15) is 0 Å². The summed E-state index contributed by atoms with van der Waals surface area (Å²) in [6, 6.07) is -0.147. The fourth-order valence-corrected chi connectivity index (χ4v) is 1.57. The zero-order chi connectivity index (χ0) is 13.7. The summed E-state index contributed by atoms with van der Waals surface area (Å²) in [5, 5.41) is 6.50. The summed E-state index contributed by atoms with van der Waals surface area (Å²) in [5.74, 6) is 0.0879. The molecule has 0 aromatic heterocycles. The lowest BCUT2D eigenvalue weighted by molar-refractivity contribution is -0.125. The first-order chi connectivity index (χ1) is 7.69. The van der Waals surface area contributed by atoms with Gasteiger partial charge in [0.05, 0.1) is 6.04 Å². The first-order valence-electron chi connectivity index (χ1n) is 6.79. The second kappa shape index (κ2) is 6.39. The van der Waals surface area contributed by atoms with Gasteiger partial charge in [0.2, 0.25) is 5.91 Å². The van der Waals surface area contributed by atoms with Crippen LogP contribution in [0.1, 0.15) is 67.7 Å². The number of amides is 1. The summed E-state index contributed by atoms with van der Waals surface area (Å²) in [7, 11) is 0. The minimum absolute atomic E-state index is 0.0487. The fraction of sp³-hybridized carbons (Fsp3) is 0.929. The number of hydrogen-bond acceptors (Lipinski definition) is 2. The third kappa shape index (κ3) is 5.53. The standard InChI is InChI=1S/C14H30N2O/c1-8-13(5,6)16-12(17)11(4)15-14(7,9-2)10-3/h11,15H,8-10H2,1-7H3,(H,16,17). The van der Waals surface area contributed by atoms with Gasteiger partial charge in [0.15, 0.2) is 0 Å². The van der Waals surface area contributed by atoms with E-state index in [2.05, 4.69) is 52.2 Å². The molecule has 0 aromatic rings. The smallest absolute Gasteiger partial charge is 0.237 e. The maximum absolute atomic E-state index is 12.1. The van der Waals surface area contributed by atoms with Crippen molar-refractivity contribution in [1.29, 1.82) is 0 Å². The van der Waals surface area contributed by atoms with Crippen molar-refractivity contribution in [3.05, 3.63) is 0 Å². The minimum atomic E-state index is -0.147. The third-order valence-corrected chi connectivity index (χ3v) is 3.86. The lowest BCUT2D eigenvalue weighted by atomic mass is 9.94. The van der Waals surface area contributed by atoms with Gasteiger partial charge < -0.3 is 10.6 Å². The summed E-state index contributed by atoms with van der Waals surface area (Å²) in [5.41, 5.74) is -0.0744. The quantitative estimate of drug-likeness (QED) is 0.721. The number of hydrogen-bond donors (Lipinski definition) is 2. The molecule has 0 aliphatic rings. The van der Waals surface area contributed by atoms with Gasteiger partial charge in [-0.3, -0.25) is 4.79 Å². The third-order valence-electron chi connectivity index (χ3n) is 3.86. The van der Waals surface area contributed by atoms with Crippen LogP contribution in [0.5, 0.6) is 0 Å². The molecule has 1 unspecified atom stereocenters. The van der Waals surface area contributed by atoms with Gasteiger partial charge in [0.1, 0.15) is 0 Å². The Kier molecular flexibility index (Phi) is 6.17. The van der Waals surface area contributed by atoms with Gasteiger partial charge in [-0.25, -0.2) is 0 Å². The lowest BCUT2D eigenvalue weighted by Crippen LogP contribution is -2.55. The van der Waals surface area contributed by atoms with Crippen molar-refractivity contribution in [3.8, 4) is 0 Å². The van der Waals surface area contributed by atoms with E-state index in [0.717, 1.165) is 19.3 Å². The Morgan fingerprint density at radius 3 is 1.88 bits per heavy atom. The van der Waals surface area contributed by atoms with Crippen molar-refractivity contribution in [2.75, 3.05) is 0 Å². The summed E-state index contributed by atoms with van der Waals surface area (Å²) in [6.07, 6.45) is 2.99. The molecule has 0 saturated carbocycles. The van der Waals surface area contributed by atoms with Crippen molar-refractivity contribution in [1.82, 2.24) is 10.6 Å². The molecule has 0 aliphatic carbocycles. The van der Waals surface area contributed by atoms with E-state index in [9.17, 15) is 4.79 Å². The van der Waals surface area contributed by atoms with Gasteiger partial charge in [-0.05, 0) is 47.0 Å². The molecule has 0 aromatic carbocycles. The number of carbonyl (C=O) groups is 1. The fourth-order valence-electron chi connectivity index (χ4n) is 1.57. The highest BCUT2D eigenvalue weighted by molar-refractivity contribution is 5.82. The first kappa shape index (κ1) is 16.4. The van der Waals surface area contributed by atoms with Crippen molar-refractivity contribution in [2.24, 2.45) is 0 Å². The Hall–Kier alpha value is -0.570. The zero-order valence-corrected chi connectivity index (χ0v) is 12.6. The molecule has 2 N–H and O–H groups in total. The van der Waals surface area contributed by atoms with E-state index >= 15 is 0 Å². The van der Waals surface area contributed by atoms with Crippen LogP contribution in [0.2, 0.25) is 0 Å². The minimum Gasteiger partial charge on any atom is -0.350 e. The van der Waals surface area contributed by atoms with Crippen molar-refractivity contribution >= 4 is 5.91 Å². The molecule has 3 heteroatoms. The second-order valence-electron chi connectivity index (χ2n) is 5.86. The predicted octanol–water partition coefficient (Wildman–Crippen LogP) is 2.85. The Morgan fingerprint density at radius 2 is 1.53 bits per heavy atom. The van der Waals surface area contributed by atoms with Crippen LogP contribution in [0.4, 0.5) is 0 Å². The molecule has 1 amide bonds. The van der Waals surface area contributed by atoms with E-state index in [0.29, 0.717) is 0 Å². The molecular weight excluding hydrogens is 212 g/mol. The monoisotopic (exact) mass is 242 g/mol. The SMILES string of the molecule is CCC(C)(C)NC(=O)C(C)NC(C)(CC)CC. The van der Waals surface area contributed by atoms with Gasteiger partial charge in [-0.15, -0.1) is 0 Å². The van der Waals surface area contributed by atoms with Crippen LogP contribution >= 0.6 is 0 Å². The number of rotatable bonds is 7. The molecule has 0 aliphatic heterocycles. The van der Waals surface area contributed by atoms with E-state index in [1.807, 2.05) is 6.92 Å². The van der Waals surface area contributed by atoms with Gasteiger partial charge in [0.25, 0.3) is 0 Å². The Labute approximate surface area is 107 Å². The highest BCUT2D eigenvalue weighted by Gasteiger charge is 2.27. The van der Waals surface area contributed by atoms with Crippen LogP contribution in [0.25, 0.3) is 0 Å². The van der Waals surface area contributed by atoms with Gasteiger partial charge in [0, 0.05) is 11.1 Å². The van der Waals surface area contributed by atoms with E-state index in [-0.39, 0.29) is 23.0 Å². The van der Waals surface area contributed by atoms with Crippen LogP contribution in [-0.2, 0) is 4.79 Å². The summed E-state index contributed by atoms with van der Waals surface area (Å²) in [6.45, 7) is 14.6. The molecule has 1 atom stereocenters. The van der Waals surface area contributed by atoms with Crippen LogP contribution in [0.3, 0.4) is 0 Å². The molecule has 0 saturated heterocycles. The summed E-state index contributed by atoms with van der Waals surface area (Å²) >= 11 is 0. The van der Waals surface area contributed by atoms with Crippen molar-refractivity contribution < 1.29 is 4.79 Å². The number of carbonyl (C=O) groups excluding carboxylic acids is 1. The maximum atomic E-state index is 12.1. The van der Waals surface area contributed by atoms with Crippen molar-refractivity contribution in [3.63, 3.8) is 0 Å². The second-order valence-corrected chi connectivity index (χ2v) is 5.86. The van der Waals surface area contributed by atoms with Crippen LogP contribution in [0.15, 0.2) is 0 Å². The van der Waals surface area contributed by atoms with E-state index in [1.165, 1.54) is 0 Å². The molecule has 0 radical (unpaired) electrons. The molecule has 0 fully saturated rings. The highest BCUT2D eigenvalue weighted by Crippen LogP contribution is 2.15. The highest BCUT2D eigenvalue weighted by atomic mass is 16.2. The van der Waals surface area contributed by atoms with E-state index in [4.69, 9.17) is 0 Å². The molecule has 0 bridgehead atoms. The molecule has 0 heterocycles. The number of nitrogens with one attached hydrogen (secondary N) is 2. The Morgan fingerprint density at radius 1 is 1.06 bits per heavy atom. The molecule has 102 valence electrons. The lowest BCUT2D eigenvalue weighted by Gasteiger charge is -2.33. The Balaban J connectivity index is 4.42. The molecular formula is C14H30N2O. The molecule has 3 nitrogen and oxygen atoms in total. The normalized spacial score (nSPS) is 14.5. The predicted molar refractivity (Wildman–Crippen MR) is 74.1 cm³/mol. The van der Waals surface area contributed by atoms with E-state index in [1.54, 1.807) is 0 Å². The van der Waals surface area contributed by atoms with E-state index < -0.39 is 0 Å². The van der Waals surface area contributed by atoms with Crippen LogP contribution < -0.4 is 10.6 Å². The van der Waals surface area contributed by atoms with Crippen molar-refractivity contribution in [2.45, 2.75) is 84.8 Å². The molecule has 17 heavy (non-hydrogen) atoms. The summed E-state index contributed by atoms with van der Waals surface area (Å²) in [4.78, 5) is 12.1. The zero-order valence-electron chi connectivity index (χ0n) is 12.6. The van der Waals surface area contributed by atoms with Gasteiger partial charge in [-0.1, -0.05) is 20.8 Å². The average molecular weight is 242 g/mol.